The van der Waals surface area contributed by atoms with Crippen molar-refractivity contribution in [2.24, 2.45) is 0 Å². The number of alkyl halides is 4. The Bertz CT molecular complexity index is 578. The average Bonchev–Trinajstić information content (AvgIpc) is 2.38. The Hall–Kier alpha value is -2.33. The minimum absolute atomic E-state index is 0.0789. The third-order valence-corrected chi connectivity index (χ3v) is 2.28. The molecule has 0 fully saturated rings. The van der Waals surface area contributed by atoms with E-state index in [2.05, 4.69) is 0 Å². The lowest BCUT2D eigenvalue weighted by molar-refractivity contribution is -0.385. The highest BCUT2D eigenvalue weighted by Crippen LogP contribution is 2.24. The normalized spacial score (nSPS) is 11.6. The van der Waals surface area contributed by atoms with Crippen molar-refractivity contribution in [1.82, 2.24) is 5.32 Å². The second kappa shape index (κ2) is 5.97. The number of hydrogen-bond acceptors (Lipinski definition) is 3. The van der Waals surface area contributed by atoms with Crippen LogP contribution in [0.15, 0.2) is 12.1 Å². The lowest BCUT2D eigenvalue weighted by Crippen LogP contribution is -2.41. The van der Waals surface area contributed by atoms with Gasteiger partial charge in [0.1, 0.15) is 5.56 Å². The molecular formula is C10H6F6N2O3. The smallest absolute Gasteiger partial charge is 0.324 e. The molecule has 1 amide bonds. The van der Waals surface area contributed by atoms with Gasteiger partial charge in [-0.3, -0.25) is 14.9 Å². The number of nitrogens with one attached hydrogen (secondary N) is 1. The van der Waals surface area contributed by atoms with E-state index in [1.54, 1.807) is 0 Å². The second-order valence-corrected chi connectivity index (χ2v) is 3.78. The quantitative estimate of drug-likeness (QED) is 0.515. The number of halogens is 6. The van der Waals surface area contributed by atoms with Crippen molar-refractivity contribution in [1.29, 1.82) is 0 Å². The van der Waals surface area contributed by atoms with Crippen LogP contribution in [0.2, 0.25) is 0 Å². The van der Waals surface area contributed by atoms with E-state index in [1.165, 1.54) is 5.32 Å². The molecule has 0 aliphatic heterocycles. The van der Waals surface area contributed by atoms with E-state index in [0.717, 1.165) is 0 Å². The summed E-state index contributed by atoms with van der Waals surface area (Å²) in [4.78, 5) is 20.7. The Kier molecular flexibility index (Phi) is 4.76. The van der Waals surface area contributed by atoms with E-state index in [0.29, 0.717) is 0 Å². The van der Waals surface area contributed by atoms with E-state index in [-0.39, 0.29) is 12.1 Å². The number of nitro benzene ring substituents is 1. The summed E-state index contributed by atoms with van der Waals surface area (Å²) in [6, 6.07) is 0.193. The third kappa shape index (κ3) is 3.83. The van der Waals surface area contributed by atoms with E-state index in [1.807, 2.05) is 0 Å². The van der Waals surface area contributed by atoms with Crippen molar-refractivity contribution in [2.45, 2.75) is 12.3 Å². The molecule has 21 heavy (non-hydrogen) atoms. The van der Waals surface area contributed by atoms with Crippen molar-refractivity contribution in [2.75, 3.05) is 6.54 Å². The molecule has 0 aliphatic rings. The summed E-state index contributed by atoms with van der Waals surface area (Å²) in [7, 11) is 0. The zero-order chi connectivity index (χ0) is 16.4. The van der Waals surface area contributed by atoms with Crippen molar-refractivity contribution in [3.63, 3.8) is 0 Å². The predicted octanol–water partition coefficient (Wildman–Crippen LogP) is 2.50. The van der Waals surface area contributed by atoms with Crippen LogP contribution in [0.4, 0.5) is 32.0 Å². The minimum Gasteiger partial charge on any atom is -0.346 e. The van der Waals surface area contributed by atoms with Crippen LogP contribution >= 0.6 is 0 Å². The fourth-order valence-corrected chi connectivity index (χ4v) is 1.24. The summed E-state index contributed by atoms with van der Waals surface area (Å²) in [5, 5.41) is 11.9. The third-order valence-electron chi connectivity index (χ3n) is 2.28. The molecule has 0 radical (unpaired) electrons. The largest absolute Gasteiger partial charge is 0.346 e. The molecular weight excluding hydrogens is 310 g/mol. The molecule has 1 aromatic carbocycles. The monoisotopic (exact) mass is 316 g/mol. The van der Waals surface area contributed by atoms with Crippen molar-refractivity contribution in [3.8, 4) is 0 Å². The van der Waals surface area contributed by atoms with Gasteiger partial charge in [-0.1, -0.05) is 0 Å². The van der Waals surface area contributed by atoms with Crippen LogP contribution in [0.25, 0.3) is 0 Å². The van der Waals surface area contributed by atoms with Gasteiger partial charge >= 0.3 is 12.3 Å². The summed E-state index contributed by atoms with van der Waals surface area (Å²) < 4.78 is 74.7. The molecule has 0 saturated heterocycles. The lowest BCUT2D eigenvalue weighted by Gasteiger charge is -2.15. The maximum absolute atomic E-state index is 12.9. The zero-order valence-corrected chi connectivity index (χ0v) is 9.88. The van der Waals surface area contributed by atoms with Gasteiger partial charge in [0.2, 0.25) is 0 Å². The van der Waals surface area contributed by atoms with E-state index in [4.69, 9.17) is 0 Å². The molecule has 0 bridgehead atoms. The molecule has 1 aromatic rings. The van der Waals surface area contributed by atoms with Gasteiger partial charge in [0, 0.05) is 0 Å². The van der Waals surface area contributed by atoms with Gasteiger partial charge in [0.05, 0.1) is 17.5 Å². The number of hydrogen-bond donors (Lipinski definition) is 1. The highest BCUT2D eigenvalue weighted by molar-refractivity contribution is 5.98. The number of carbonyl (C=O) groups is 1. The van der Waals surface area contributed by atoms with Gasteiger partial charge in [-0.2, -0.15) is 8.78 Å². The van der Waals surface area contributed by atoms with Gasteiger partial charge in [-0.15, -0.1) is 0 Å². The van der Waals surface area contributed by atoms with Gasteiger partial charge in [0.25, 0.3) is 11.6 Å². The maximum Gasteiger partial charge on any atom is 0.324 e. The fraction of sp³-hybridized carbons (Fsp3) is 0.300. The van der Waals surface area contributed by atoms with Crippen LogP contribution in [-0.2, 0) is 0 Å². The standard InChI is InChI=1S/C10H6F6N2O3/c11-5-1-4(7(18(20)21)2-6(5)12)8(19)17-3-10(15,16)9(13)14/h1-2,9H,3H2,(H,17,19). The summed E-state index contributed by atoms with van der Waals surface area (Å²) in [5.74, 6) is -9.44. The van der Waals surface area contributed by atoms with Crippen LogP contribution in [0, 0.1) is 21.7 Å². The van der Waals surface area contributed by atoms with Crippen LogP contribution in [0.1, 0.15) is 10.4 Å². The number of nitrogens with zero attached hydrogens (tertiary/aromatic N) is 1. The Balaban J connectivity index is 3.03. The average molecular weight is 316 g/mol. The Labute approximate surface area is 112 Å². The molecule has 11 heteroatoms. The lowest BCUT2D eigenvalue weighted by atomic mass is 10.1. The van der Waals surface area contributed by atoms with Crippen LogP contribution in [0.3, 0.4) is 0 Å². The highest BCUT2D eigenvalue weighted by atomic mass is 19.3. The van der Waals surface area contributed by atoms with E-state index < -0.39 is 52.6 Å². The first-order chi connectivity index (χ1) is 9.56. The number of benzene rings is 1. The van der Waals surface area contributed by atoms with Crippen molar-refractivity contribution >= 4 is 11.6 Å². The number of rotatable bonds is 5. The second-order valence-electron chi connectivity index (χ2n) is 3.78. The number of carbonyl (C=O) groups excluding carboxylic acids is 1. The first kappa shape index (κ1) is 16.7. The molecule has 5 nitrogen and oxygen atoms in total. The minimum atomic E-state index is -4.57. The predicted molar refractivity (Wildman–Crippen MR) is 56.3 cm³/mol. The number of amides is 1. The molecule has 0 aliphatic carbocycles. The topological polar surface area (TPSA) is 72.2 Å². The Morgan fingerprint density at radius 3 is 2.29 bits per heavy atom. The first-order valence-corrected chi connectivity index (χ1v) is 5.14. The maximum atomic E-state index is 12.9. The Morgan fingerprint density at radius 2 is 1.81 bits per heavy atom. The summed E-state index contributed by atoms with van der Waals surface area (Å²) >= 11 is 0. The van der Waals surface area contributed by atoms with Crippen molar-refractivity contribution < 1.29 is 36.1 Å². The summed E-state index contributed by atoms with van der Waals surface area (Å²) in [6.07, 6.45) is -4.07. The molecule has 0 saturated carbocycles. The molecule has 0 unspecified atom stereocenters. The van der Waals surface area contributed by atoms with Gasteiger partial charge in [-0.05, 0) is 6.07 Å². The number of nitro groups is 1. The SMILES string of the molecule is O=C(NCC(F)(F)C(F)F)c1cc(F)c(F)cc1[N+](=O)[O-]. The zero-order valence-electron chi connectivity index (χ0n) is 9.88. The highest BCUT2D eigenvalue weighted by Gasteiger charge is 2.41. The molecule has 0 aromatic heterocycles. The van der Waals surface area contributed by atoms with Crippen molar-refractivity contribution in [3.05, 3.63) is 39.4 Å². The van der Waals surface area contributed by atoms with Gasteiger partial charge < -0.3 is 5.32 Å². The van der Waals surface area contributed by atoms with Crippen LogP contribution < -0.4 is 5.32 Å². The molecule has 1 N–H and O–H groups in total. The molecule has 0 atom stereocenters. The molecule has 0 spiro atoms. The summed E-state index contributed by atoms with van der Waals surface area (Å²) in [6.45, 7) is -1.82. The first-order valence-electron chi connectivity index (χ1n) is 5.14. The van der Waals surface area contributed by atoms with E-state index in [9.17, 15) is 41.3 Å². The van der Waals surface area contributed by atoms with Crippen LogP contribution in [0.5, 0.6) is 0 Å². The van der Waals surface area contributed by atoms with Gasteiger partial charge in [0.15, 0.2) is 11.6 Å². The van der Waals surface area contributed by atoms with Crippen LogP contribution in [-0.4, -0.2) is 29.7 Å². The molecule has 116 valence electrons. The fourth-order valence-electron chi connectivity index (χ4n) is 1.24. The molecule has 0 heterocycles. The van der Waals surface area contributed by atoms with E-state index >= 15 is 0 Å². The van der Waals surface area contributed by atoms with Gasteiger partial charge in [-0.25, -0.2) is 17.6 Å². The molecule has 1 rings (SSSR count). The Morgan fingerprint density at radius 1 is 1.29 bits per heavy atom. The summed E-state index contributed by atoms with van der Waals surface area (Å²) in [5.41, 5.74) is -2.25.